The molecule has 120 valence electrons. The van der Waals surface area contributed by atoms with Crippen LogP contribution in [0, 0.1) is 12.7 Å². The second-order valence-electron chi connectivity index (χ2n) is 5.99. The SMILES string of the molecule is Cc1nnc(CC(=O)N2CCN(C3CC3)c3ccc(F)cc32)o1. The molecule has 6 nitrogen and oxygen atoms in total. The summed E-state index contributed by atoms with van der Waals surface area (Å²) in [5.74, 6) is 0.219. The van der Waals surface area contributed by atoms with Gasteiger partial charge in [-0.3, -0.25) is 4.79 Å². The Balaban J connectivity index is 1.62. The molecule has 1 aromatic heterocycles. The molecule has 0 atom stereocenters. The van der Waals surface area contributed by atoms with E-state index in [1.807, 2.05) is 0 Å². The van der Waals surface area contributed by atoms with E-state index in [0.29, 0.717) is 24.2 Å². The van der Waals surface area contributed by atoms with Crippen molar-refractivity contribution in [2.75, 3.05) is 22.9 Å². The number of carbonyl (C=O) groups excluding carboxylic acids is 1. The van der Waals surface area contributed by atoms with Crippen molar-refractivity contribution in [3.8, 4) is 0 Å². The monoisotopic (exact) mass is 316 g/mol. The van der Waals surface area contributed by atoms with Gasteiger partial charge in [-0.05, 0) is 31.0 Å². The normalized spacial score (nSPS) is 17.3. The molecule has 1 aliphatic carbocycles. The lowest BCUT2D eigenvalue weighted by atomic mass is 10.1. The molecule has 4 rings (SSSR count). The highest BCUT2D eigenvalue weighted by atomic mass is 19.1. The van der Waals surface area contributed by atoms with E-state index in [4.69, 9.17) is 4.42 Å². The van der Waals surface area contributed by atoms with Crippen molar-refractivity contribution < 1.29 is 13.6 Å². The number of anilines is 2. The van der Waals surface area contributed by atoms with Gasteiger partial charge in [0.1, 0.15) is 12.2 Å². The third kappa shape index (κ3) is 2.67. The van der Waals surface area contributed by atoms with E-state index < -0.39 is 0 Å². The van der Waals surface area contributed by atoms with Gasteiger partial charge in [-0.1, -0.05) is 0 Å². The van der Waals surface area contributed by atoms with Crippen LogP contribution in [0.3, 0.4) is 0 Å². The molecule has 23 heavy (non-hydrogen) atoms. The number of rotatable bonds is 3. The lowest BCUT2D eigenvalue weighted by Gasteiger charge is -2.38. The standard InChI is InChI=1S/C16H17FN4O2/c1-10-18-19-15(23-10)9-16(22)21-7-6-20(12-3-4-12)13-5-2-11(17)8-14(13)21/h2,5,8,12H,3-4,6-7,9H2,1H3. The number of carbonyl (C=O) groups is 1. The van der Waals surface area contributed by atoms with Gasteiger partial charge in [0.25, 0.3) is 0 Å². The van der Waals surface area contributed by atoms with E-state index in [2.05, 4.69) is 15.1 Å². The minimum Gasteiger partial charge on any atom is -0.425 e. The maximum atomic E-state index is 13.7. The Labute approximate surface area is 132 Å². The first-order valence-electron chi connectivity index (χ1n) is 7.77. The summed E-state index contributed by atoms with van der Waals surface area (Å²) in [5, 5.41) is 7.59. The number of benzene rings is 1. The second kappa shape index (κ2) is 5.33. The van der Waals surface area contributed by atoms with Gasteiger partial charge in [0, 0.05) is 26.1 Å². The molecule has 1 saturated carbocycles. The molecule has 0 N–H and O–H groups in total. The summed E-state index contributed by atoms with van der Waals surface area (Å²) in [4.78, 5) is 16.5. The smallest absolute Gasteiger partial charge is 0.236 e. The summed E-state index contributed by atoms with van der Waals surface area (Å²) >= 11 is 0. The minimum atomic E-state index is -0.340. The lowest BCUT2D eigenvalue weighted by Crippen LogP contribution is -2.45. The number of aromatic nitrogens is 2. The third-order valence-electron chi connectivity index (χ3n) is 4.26. The van der Waals surface area contributed by atoms with Crippen LogP contribution < -0.4 is 9.80 Å². The van der Waals surface area contributed by atoms with Crippen LogP contribution in [-0.2, 0) is 11.2 Å². The number of hydrogen-bond donors (Lipinski definition) is 0. The third-order valence-corrected chi connectivity index (χ3v) is 4.26. The van der Waals surface area contributed by atoms with E-state index in [-0.39, 0.29) is 24.0 Å². The first kappa shape index (κ1) is 14.2. The van der Waals surface area contributed by atoms with Crippen LogP contribution >= 0.6 is 0 Å². The van der Waals surface area contributed by atoms with Gasteiger partial charge >= 0.3 is 0 Å². The molecule has 0 spiro atoms. The van der Waals surface area contributed by atoms with E-state index >= 15 is 0 Å². The second-order valence-corrected chi connectivity index (χ2v) is 5.99. The van der Waals surface area contributed by atoms with Crippen LogP contribution in [0.2, 0.25) is 0 Å². The predicted molar refractivity (Wildman–Crippen MR) is 81.9 cm³/mol. The minimum absolute atomic E-state index is 0.0280. The number of hydrogen-bond acceptors (Lipinski definition) is 5. The number of halogens is 1. The maximum Gasteiger partial charge on any atom is 0.236 e. The summed E-state index contributed by atoms with van der Waals surface area (Å²) in [6.07, 6.45) is 2.35. The summed E-state index contributed by atoms with van der Waals surface area (Å²) in [7, 11) is 0. The first-order valence-corrected chi connectivity index (χ1v) is 7.77. The predicted octanol–water partition coefficient (Wildman–Crippen LogP) is 2.08. The van der Waals surface area contributed by atoms with E-state index in [0.717, 1.165) is 25.1 Å². The van der Waals surface area contributed by atoms with Crippen LogP contribution in [0.15, 0.2) is 22.6 Å². The van der Waals surface area contributed by atoms with Crippen LogP contribution in [0.4, 0.5) is 15.8 Å². The highest BCUT2D eigenvalue weighted by Crippen LogP contribution is 2.40. The highest BCUT2D eigenvalue weighted by molar-refractivity contribution is 5.98. The van der Waals surface area contributed by atoms with E-state index in [9.17, 15) is 9.18 Å². The van der Waals surface area contributed by atoms with Crippen molar-refractivity contribution >= 4 is 17.3 Å². The van der Waals surface area contributed by atoms with Crippen molar-refractivity contribution in [1.29, 1.82) is 0 Å². The molecule has 0 radical (unpaired) electrons. The number of aryl methyl sites for hydroxylation is 1. The summed E-state index contributed by atoms with van der Waals surface area (Å²) in [6.45, 7) is 2.98. The molecule has 0 unspecified atom stereocenters. The highest BCUT2D eigenvalue weighted by Gasteiger charge is 2.35. The van der Waals surface area contributed by atoms with Crippen LogP contribution in [0.1, 0.15) is 24.6 Å². The molecule has 1 amide bonds. The summed E-state index contributed by atoms with van der Waals surface area (Å²) < 4.78 is 19.0. The Hall–Kier alpha value is -2.44. The van der Waals surface area contributed by atoms with Crippen LogP contribution in [0.5, 0.6) is 0 Å². The fourth-order valence-corrected chi connectivity index (χ4v) is 3.06. The molecule has 0 bridgehead atoms. The van der Waals surface area contributed by atoms with Gasteiger partial charge in [0.2, 0.25) is 17.7 Å². The molecule has 1 fully saturated rings. The van der Waals surface area contributed by atoms with Crippen molar-refractivity contribution in [3.63, 3.8) is 0 Å². The molecule has 2 aromatic rings. The molecule has 2 aliphatic rings. The van der Waals surface area contributed by atoms with Gasteiger partial charge in [0.05, 0.1) is 11.4 Å². The maximum absolute atomic E-state index is 13.7. The first-order chi connectivity index (χ1) is 11.1. The fourth-order valence-electron chi connectivity index (χ4n) is 3.06. The van der Waals surface area contributed by atoms with Crippen LogP contribution in [-0.4, -0.2) is 35.2 Å². The Morgan fingerprint density at radius 2 is 2.13 bits per heavy atom. The average molecular weight is 316 g/mol. The quantitative estimate of drug-likeness (QED) is 0.867. The Morgan fingerprint density at radius 3 is 2.83 bits per heavy atom. The molecular weight excluding hydrogens is 299 g/mol. The van der Waals surface area contributed by atoms with Gasteiger partial charge in [-0.15, -0.1) is 10.2 Å². The average Bonchev–Trinajstić information content (AvgIpc) is 3.29. The molecule has 0 saturated heterocycles. The molecule has 7 heteroatoms. The van der Waals surface area contributed by atoms with Crippen molar-refractivity contribution in [1.82, 2.24) is 10.2 Å². The number of nitrogens with zero attached hydrogens (tertiary/aromatic N) is 4. The van der Waals surface area contributed by atoms with Gasteiger partial charge < -0.3 is 14.2 Å². The molecular formula is C16H17FN4O2. The van der Waals surface area contributed by atoms with Gasteiger partial charge in [0.15, 0.2) is 0 Å². The Kier molecular flexibility index (Phi) is 3.28. The molecule has 1 aromatic carbocycles. The molecule has 2 heterocycles. The zero-order valence-electron chi connectivity index (χ0n) is 12.8. The van der Waals surface area contributed by atoms with Crippen molar-refractivity contribution in [2.24, 2.45) is 0 Å². The number of amides is 1. The van der Waals surface area contributed by atoms with Crippen molar-refractivity contribution in [2.45, 2.75) is 32.2 Å². The zero-order valence-corrected chi connectivity index (χ0v) is 12.8. The Morgan fingerprint density at radius 1 is 1.30 bits per heavy atom. The van der Waals surface area contributed by atoms with Crippen LogP contribution in [0.25, 0.3) is 0 Å². The van der Waals surface area contributed by atoms with E-state index in [1.165, 1.54) is 12.1 Å². The largest absolute Gasteiger partial charge is 0.425 e. The lowest BCUT2D eigenvalue weighted by molar-refractivity contribution is -0.118. The van der Waals surface area contributed by atoms with E-state index in [1.54, 1.807) is 17.9 Å². The number of fused-ring (bicyclic) bond motifs is 1. The van der Waals surface area contributed by atoms with Gasteiger partial charge in [-0.25, -0.2) is 4.39 Å². The summed E-state index contributed by atoms with van der Waals surface area (Å²) in [6, 6.07) is 5.17. The zero-order chi connectivity index (χ0) is 16.0. The molecule has 1 aliphatic heterocycles. The van der Waals surface area contributed by atoms with Crippen molar-refractivity contribution in [3.05, 3.63) is 35.8 Å². The summed E-state index contributed by atoms with van der Waals surface area (Å²) in [5.41, 5.74) is 1.56. The Bertz CT molecular complexity index is 756. The topological polar surface area (TPSA) is 62.5 Å². The van der Waals surface area contributed by atoms with Gasteiger partial charge in [-0.2, -0.15) is 0 Å². The fraction of sp³-hybridized carbons (Fsp3) is 0.438.